The minimum atomic E-state index is -1.00. The number of carbonyl (C=O) groups excluding carboxylic acids is 1. The molecule has 0 radical (unpaired) electrons. The quantitative estimate of drug-likeness (QED) is 0.424. The van der Waals surface area contributed by atoms with Crippen molar-refractivity contribution < 1.29 is 14.7 Å². The van der Waals surface area contributed by atoms with Crippen molar-refractivity contribution in [1.29, 1.82) is 0 Å². The molecule has 0 aliphatic rings. The second-order valence-corrected chi connectivity index (χ2v) is 2.55. The number of aldehydes is 1. The predicted octanol–water partition coefficient (Wildman–Crippen LogP) is 1.72. The third kappa shape index (κ3) is 2.41. The van der Waals surface area contributed by atoms with Crippen LogP contribution in [0.15, 0.2) is 18.2 Å². The van der Waals surface area contributed by atoms with Crippen LogP contribution in [0.5, 0.6) is 5.75 Å². The van der Waals surface area contributed by atoms with Gasteiger partial charge in [-0.05, 0) is 18.2 Å². The predicted molar refractivity (Wildman–Crippen MR) is 44.5 cm³/mol. The molecule has 0 N–H and O–H groups in total. The number of rotatable bonds is 3. The number of benzene rings is 1. The van der Waals surface area contributed by atoms with Gasteiger partial charge in [0.2, 0.25) is 0 Å². The molecular weight excluding hydrogens is 198 g/mol. The van der Waals surface area contributed by atoms with Gasteiger partial charge in [0.25, 0.3) is 5.09 Å². The number of nitrogens with zero attached hydrogens (tertiary/aromatic N) is 1. The summed E-state index contributed by atoms with van der Waals surface area (Å²) in [5.74, 6) is -0.160. The monoisotopic (exact) mass is 201 g/mol. The van der Waals surface area contributed by atoms with E-state index in [1.165, 1.54) is 18.2 Å². The van der Waals surface area contributed by atoms with Crippen molar-refractivity contribution in [3.8, 4) is 5.75 Å². The van der Waals surface area contributed by atoms with E-state index in [-0.39, 0.29) is 16.3 Å². The lowest BCUT2D eigenvalue weighted by molar-refractivity contribution is -0.711. The zero-order valence-corrected chi connectivity index (χ0v) is 7.02. The molecule has 0 saturated heterocycles. The first-order valence-electron chi connectivity index (χ1n) is 3.20. The van der Waals surface area contributed by atoms with Crippen molar-refractivity contribution in [3.05, 3.63) is 38.9 Å². The van der Waals surface area contributed by atoms with Crippen LogP contribution in [0.1, 0.15) is 10.4 Å². The average molecular weight is 202 g/mol. The van der Waals surface area contributed by atoms with Gasteiger partial charge < -0.3 is 0 Å². The third-order valence-corrected chi connectivity index (χ3v) is 1.51. The normalized spacial score (nSPS) is 9.31. The first-order chi connectivity index (χ1) is 6.13. The van der Waals surface area contributed by atoms with E-state index in [2.05, 4.69) is 4.84 Å². The Bertz CT molecular complexity index is 352. The first kappa shape index (κ1) is 9.47. The van der Waals surface area contributed by atoms with Gasteiger partial charge in [-0.1, -0.05) is 11.6 Å². The Balaban J connectivity index is 3.07. The molecule has 1 aromatic carbocycles. The maximum atomic E-state index is 10.4. The lowest BCUT2D eigenvalue weighted by atomic mass is 10.2. The highest BCUT2D eigenvalue weighted by molar-refractivity contribution is 6.30. The van der Waals surface area contributed by atoms with E-state index in [4.69, 9.17) is 11.6 Å². The van der Waals surface area contributed by atoms with E-state index < -0.39 is 5.09 Å². The molecule has 0 aromatic heterocycles. The topological polar surface area (TPSA) is 69.4 Å². The molecule has 0 spiro atoms. The Morgan fingerprint density at radius 2 is 2.23 bits per heavy atom. The standard InChI is InChI=1S/C7H4ClNO4/c8-6-2-1-5(4-10)7(3-6)13-9(11)12/h1-4H. The second kappa shape index (κ2) is 3.86. The summed E-state index contributed by atoms with van der Waals surface area (Å²) in [7, 11) is 0. The van der Waals surface area contributed by atoms with Gasteiger partial charge in [-0.15, -0.1) is 10.1 Å². The van der Waals surface area contributed by atoms with Crippen LogP contribution in [0.3, 0.4) is 0 Å². The van der Waals surface area contributed by atoms with Gasteiger partial charge in [0.1, 0.15) is 5.75 Å². The minimum Gasteiger partial charge on any atom is -0.298 e. The van der Waals surface area contributed by atoms with E-state index in [9.17, 15) is 14.9 Å². The van der Waals surface area contributed by atoms with Crippen molar-refractivity contribution in [2.24, 2.45) is 0 Å². The summed E-state index contributed by atoms with van der Waals surface area (Å²) in [5, 5.41) is 9.24. The number of hydrogen-bond donors (Lipinski definition) is 0. The molecule has 0 unspecified atom stereocenters. The smallest absolute Gasteiger partial charge is 0.298 e. The molecule has 0 saturated carbocycles. The fraction of sp³-hybridized carbons (Fsp3) is 0. The van der Waals surface area contributed by atoms with E-state index in [0.29, 0.717) is 6.29 Å². The molecule has 6 heteroatoms. The molecule has 0 fully saturated rings. The molecule has 0 atom stereocenters. The minimum absolute atomic E-state index is 0.0844. The molecule has 5 nitrogen and oxygen atoms in total. The highest BCUT2D eigenvalue weighted by Gasteiger charge is 2.06. The van der Waals surface area contributed by atoms with Gasteiger partial charge in [-0.2, -0.15) is 0 Å². The summed E-state index contributed by atoms with van der Waals surface area (Å²) in [6.45, 7) is 0. The van der Waals surface area contributed by atoms with Gasteiger partial charge in [0, 0.05) is 10.6 Å². The highest BCUT2D eigenvalue weighted by Crippen LogP contribution is 2.21. The van der Waals surface area contributed by atoms with Crippen LogP contribution in [0.2, 0.25) is 5.02 Å². The Labute approximate surface area is 78.0 Å². The molecule has 0 amide bonds. The van der Waals surface area contributed by atoms with Crippen LogP contribution in [0, 0.1) is 10.1 Å². The molecule has 1 aromatic rings. The van der Waals surface area contributed by atoms with Crippen molar-refractivity contribution in [3.63, 3.8) is 0 Å². The molecule has 0 bridgehead atoms. The Kier molecular flexibility index (Phi) is 2.81. The maximum absolute atomic E-state index is 10.4. The van der Waals surface area contributed by atoms with Crippen LogP contribution in [0.4, 0.5) is 0 Å². The van der Waals surface area contributed by atoms with Gasteiger partial charge in [-0.3, -0.25) is 9.63 Å². The second-order valence-electron chi connectivity index (χ2n) is 2.11. The number of halogens is 1. The Morgan fingerprint density at radius 1 is 1.54 bits per heavy atom. The summed E-state index contributed by atoms with van der Waals surface area (Å²) in [5.41, 5.74) is 0.0844. The number of carbonyl (C=O) groups is 1. The summed E-state index contributed by atoms with van der Waals surface area (Å²) < 4.78 is 0. The zero-order chi connectivity index (χ0) is 9.84. The van der Waals surface area contributed by atoms with Crippen molar-refractivity contribution in [2.45, 2.75) is 0 Å². The van der Waals surface area contributed by atoms with Gasteiger partial charge in [0.05, 0.1) is 0 Å². The third-order valence-electron chi connectivity index (χ3n) is 1.28. The molecule has 0 aliphatic carbocycles. The largest absolute Gasteiger partial charge is 0.299 e. The lowest BCUT2D eigenvalue weighted by Crippen LogP contribution is -2.05. The average Bonchev–Trinajstić information content (AvgIpc) is 2.03. The van der Waals surface area contributed by atoms with E-state index in [0.717, 1.165) is 0 Å². The van der Waals surface area contributed by atoms with Gasteiger partial charge >= 0.3 is 0 Å². The fourth-order valence-electron chi connectivity index (χ4n) is 0.765. The first-order valence-corrected chi connectivity index (χ1v) is 3.58. The summed E-state index contributed by atoms with van der Waals surface area (Å²) in [6, 6.07) is 3.99. The lowest BCUT2D eigenvalue weighted by Gasteiger charge is -2.01. The Hall–Kier alpha value is -1.62. The summed E-state index contributed by atoms with van der Waals surface area (Å²) >= 11 is 5.54. The Morgan fingerprint density at radius 3 is 2.77 bits per heavy atom. The fourth-order valence-corrected chi connectivity index (χ4v) is 0.927. The molecule has 0 heterocycles. The molecule has 0 aliphatic heterocycles. The van der Waals surface area contributed by atoms with Crippen LogP contribution in [0.25, 0.3) is 0 Å². The maximum Gasteiger partial charge on any atom is 0.299 e. The van der Waals surface area contributed by atoms with E-state index >= 15 is 0 Å². The molecule has 68 valence electrons. The molecule has 1 rings (SSSR count). The zero-order valence-electron chi connectivity index (χ0n) is 6.27. The van der Waals surface area contributed by atoms with Gasteiger partial charge in [0.15, 0.2) is 6.29 Å². The van der Waals surface area contributed by atoms with E-state index in [1.807, 2.05) is 0 Å². The summed E-state index contributed by atoms with van der Waals surface area (Å²) in [6.07, 6.45) is 0.454. The summed E-state index contributed by atoms with van der Waals surface area (Å²) in [4.78, 5) is 24.5. The van der Waals surface area contributed by atoms with Crippen LogP contribution < -0.4 is 4.84 Å². The van der Waals surface area contributed by atoms with Crippen LogP contribution >= 0.6 is 11.6 Å². The number of hydrogen-bond acceptors (Lipinski definition) is 4. The van der Waals surface area contributed by atoms with Crippen LogP contribution in [-0.2, 0) is 0 Å². The van der Waals surface area contributed by atoms with Crippen LogP contribution in [-0.4, -0.2) is 11.4 Å². The highest BCUT2D eigenvalue weighted by atomic mass is 35.5. The molecule has 13 heavy (non-hydrogen) atoms. The van der Waals surface area contributed by atoms with E-state index in [1.54, 1.807) is 0 Å². The van der Waals surface area contributed by atoms with Crippen molar-refractivity contribution in [2.75, 3.05) is 0 Å². The SMILES string of the molecule is O=Cc1ccc(Cl)cc1O[N+](=O)[O-]. The van der Waals surface area contributed by atoms with Crippen molar-refractivity contribution in [1.82, 2.24) is 0 Å². The molecular formula is C7H4ClNO4. The van der Waals surface area contributed by atoms with Crippen molar-refractivity contribution >= 4 is 17.9 Å². The van der Waals surface area contributed by atoms with Gasteiger partial charge in [-0.25, -0.2) is 0 Å².